The topological polar surface area (TPSA) is 61.8 Å². The van der Waals surface area contributed by atoms with Crippen molar-refractivity contribution < 1.29 is 23.8 Å². The maximum Gasteiger partial charge on any atom is 0.333 e. The summed E-state index contributed by atoms with van der Waals surface area (Å²) in [5.74, 6) is 1.50. The van der Waals surface area contributed by atoms with Crippen LogP contribution in [0.1, 0.15) is 66.5 Å². The van der Waals surface area contributed by atoms with Gasteiger partial charge in [0.25, 0.3) is 0 Å². The molecule has 0 saturated heterocycles. The lowest BCUT2D eigenvalue weighted by molar-refractivity contribution is -0.139. The normalized spacial score (nSPS) is 10.6. The predicted octanol–water partition coefficient (Wildman–Crippen LogP) is 6.70. The summed E-state index contributed by atoms with van der Waals surface area (Å²) in [5.41, 5.74) is 7.80. The van der Waals surface area contributed by atoms with E-state index in [4.69, 9.17) is 14.2 Å². The van der Waals surface area contributed by atoms with Crippen molar-refractivity contribution in [3.63, 3.8) is 0 Å². The number of benzene rings is 2. The Bertz CT molecular complexity index is 1080. The molecule has 2 aromatic rings. The Morgan fingerprint density at radius 3 is 1.56 bits per heavy atom. The molecular formula is C31H40O5. The number of rotatable bonds is 14. The van der Waals surface area contributed by atoms with Gasteiger partial charge in [0, 0.05) is 18.4 Å². The summed E-state index contributed by atoms with van der Waals surface area (Å²) >= 11 is 0. The van der Waals surface area contributed by atoms with Gasteiger partial charge in [-0.15, -0.1) is 0 Å². The third-order valence-electron chi connectivity index (χ3n) is 5.84. The molecule has 0 aliphatic heterocycles. The first kappa shape index (κ1) is 28.9. The number of allylic oxidation sites excluding steroid dienone is 1. The number of ketones is 1. The molecule has 2 rings (SSSR count). The Kier molecular flexibility index (Phi) is 11.0. The quantitative estimate of drug-likeness (QED) is 0.167. The number of carbonyl (C=O) groups is 2. The van der Waals surface area contributed by atoms with Crippen molar-refractivity contribution in [1.29, 1.82) is 0 Å². The smallest absolute Gasteiger partial charge is 0.333 e. The Morgan fingerprint density at radius 2 is 1.14 bits per heavy atom. The minimum Gasteiger partial charge on any atom is -0.493 e. The zero-order valence-corrected chi connectivity index (χ0v) is 22.7. The maximum absolute atomic E-state index is 11.7. The van der Waals surface area contributed by atoms with Crippen LogP contribution in [-0.2, 0) is 20.7 Å². The van der Waals surface area contributed by atoms with Crippen molar-refractivity contribution in [3.8, 4) is 11.5 Å². The fourth-order valence-corrected chi connectivity index (χ4v) is 4.12. The summed E-state index contributed by atoms with van der Waals surface area (Å²) in [7, 11) is 0. The van der Waals surface area contributed by atoms with Gasteiger partial charge in [-0.3, -0.25) is 4.79 Å². The standard InChI is InChI=1S/C31H40O5/c1-20(2)28(32)11-9-12-34-29-22(5)15-26(16-23(29)6)19-27-17-24(7)30(25(8)18-27)35-13-10-14-36-31(33)21(3)4/h15-18H,1,3,9-14,19H2,2,4-8H3. The largest absolute Gasteiger partial charge is 0.493 e. The first-order valence-corrected chi connectivity index (χ1v) is 12.5. The van der Waals surface area contributed by atoms with E-state index < -0.39 is 0 Å². The van der Waals surface area contributed by atoms with E-state index in [-0.39, 0.29) is 11.8 Å². The molecule has 0 atom stereocenters. The van der Waals surface area contributed by atoms with Crippen LogP contribution in [0.4, 0.5) is 0 Å². The number of hydrogen-bond acceptors (Lipinski definition) is 5. The van der Waals surface area contributed by atoms with Crippen molar-refractivity contribution >= 4 is 11.8 Å². The van der Waals surface area contributed by atoms with Crippen molar-refractivity contribution in [1.82, 2.24) is 0 Å². The second-order valence-corrected chi connectivity index (χ2v) is 9.57. The van der Waals surface area contributed by atoms with Crippen LogP contribution in [0.3, 0.4) is 0 Å². The number of Topliss-reactive ketones (excluding diaryl/α,β-unsaturated/α-hetero) is 1. The summed E-state index contributed by atoms with van der Waals surface area (Å²) in [5, 5.41) is 0. The molecule has 0 amide bonds. The van der Waals surface area contributed by atoms with Crippen molar-refractivity contribution in [2.24, 2.45) is 0 Å². The summed E-state index contributed by atoms with van der Waals surface area (Å²) in [4.78, 5) is 23.2. The number of aryl methyl sites for hydroxylation is 4. The van der Waals surface area contributed by atoms with E-state index in [1.165, 1.54) is 11.1 Å². The molecule has 0 unspecified atom stereocenters. The Balaban J connectivity index is 1.96. The highest BCUT2D eigenvalue weighted by Gasteiger charge is 2.11. The Hall–Kier alpha value is -3.34. The fraction of sp³-hybridized carbons (Fsp3) is 0.419. The molecule has 0 aliphatic carbocycles. The third kappa shape index (κ3) is 8.71. The molecule has 5 heteroatoms. The minimum atomic E-state index is -0.369. The molecule has 0 saturated carbocycles. The zero-order chi connectivity index (χ0) is 26.8. The Morgan fingerprint density at radius 1 is 0.694 bits per heavy atom. The van der Waals surface area contributed by atoms with E-state index in [1.54, 1.807) is 13.8 Å². The molecule has 194 valence electrons. The van der Waals surface area contributed by atoms with E-state index in [0.29, 0.717) is 50.2 Å². The molecule has 0 radical (unpaired) electrons. The van der Waals surface area contributed by atoms with Gasteiger partial charge < -0.3 is 14.2 Å². The lowest BCUT2D eigenvalue weighted by Gasteiger charge is -2.16. The molecule has 0 heterocycles. The van der Waals surface area contributed by atoms with E-state index in [2.05, 4.69) is 65.1 Å². The van der Waals surface area contributed by atoms with Crippen molar-refractivity contribution in [3.05, 3.63) is 82.0 Å². The highest BCUT2D eigenvalue weighted by Crippen LogP contribution is 2.29. The van der Waals surface area contributed by atoms with Gasteiger partial charge in [0.1, 0.15) is 11.5 Å². The van der Waals surface area contributed by atoms with E-state index in [9.17, 15) is 9.59 Å². The van der Waals surface area contributed by atoms with Gasteiger partial charge in [-0.1, -0.05) is 37.4 Å². The van der Waals surface area contributed by atoms with Gasteiger partial charge in [0.2, 0.25) is 0 Å². The average Bonchev–Trinajstić information content (AvgIpc) is 2.78. The molecule has 0 aromatic heterocycles. The Labute approximate surface area is 216 Å². The third-order valence-corrected chi connectivity index (χ3v) is 5.84. The molecule has 2 aromatic carbocycles. The second kappa shape index (κ2) is 13.7. The van der Waals surface area contributed by atoms with Crippen LogP contribution in [0.5, 0.6) is 11.5 Å². The number of hydrogen-bond donors (Lipinski definition) is 0. The minimum absolute atomic E-state index is 0.0912. The van der Waals surface area contributed by atoms with Gasteiger partial charge >= 0.3 is 5.97 Å². The molecule has 0 N–H and O–H groups in total. The molecule has 0 bridgehead atoms. The molecule has 0 spiro atoms. The molecule has 5 nitrogen and oxygen atoms in total. The number of ether oxygens (including phenoxy) is 3. The molecule has 36 heavy (non-hydrogen) atoms. The summed E-state index contributed by atoms with van der Waals surface area (Å²) < 4.78 is 17.1. The summed E-state index contributed by atoms with van der Waals surface area (Å²) in [6, 6.07) is 8.67. The fourth-order valence-electron chi connectivity index (χ4n) is 4.12. The van der Waals surface area contributed by atoms with Gasteiger partial charge in [-0.2, -0.15) is 0 Å². The summed E-state index contributed by atoms with van der Waals surface area (Å²) in [6.45, 7) is 20.2. The second-order valence-electron chi connectivity index (χ2n) is 9.57. The highest BCUT2D eigenvalue weighted by atomic mass is 16.5. The van der Waals surface area contributed by atoms with Gasteiger partial charge in [0.05, 0.1) is 19.8 Å². The molecule has 0 aliphatic rings. The van der Waals surface area contributed by atoms with E-state index in [0.717, 1.165) is 40.2 Å². The first-order valence-electron chi connectivity index (χ1n) is 12.5. The van der Waals surface area contributed by atoms with E-state index >= 15 is 0 Å². The number of carbonyl (C=O) groups excluding carboxylic acids is 2. The molecular weight excluding hydrogens is 452 g/mol. The van der Waals surface area contributed by atoms with Crippen LogP contribution in [0.15, 0.2) is 48.6 Å². The maximum atomic E-state index is 11.7. The van der Waals surface area contributed by atoms with Crippen LogP contribution in [-0.4, -0.2) is 31.6 Å². The SMILES string of the molecule is C=C(C)C(=O)CCCOc1c(C)cc(Cc2cc(C)c(OCCCOC(=O)C(=C)C)c(C)c2)cc1C. The average molecular weight is 493 g/mol. The lowest BCUT2D eigenvalue weighted by Crippen LogP contribution is -2.10. The number of esters is 1. The molecule has 0 fully saturated rings. The summed E-state index contributed by atoms with van der Waals surface area (Å²) in [6.07, 6.45) is 2.58. The van der Waals surface area contributed by atoms with Gasteiger partial charge in [-0.05, 0) is 93.3 Å². The van der Waals surface area contributed by atoms with Crippen molar-refractivity contribution in [2.45, 2.75) is 67.2 Å². The van der Waals surface area contributed by atoms with E-state index in [1.807, 2.05) is 0 Å². The van der Waals surface area contributed by atoms with Crippen LogP contribution in [0.2, 0.25) is 0 Å². The lowest BCUT2D eigenvalue weighted by atomic mass is 9.97. The van der Waals surface area contributed by atoms with Gasteiger partial charge in [-0.25, -0.2) is 4.79 Å². The monoisotopic (exact) mass is 492 g/mol. The van der Waals surface area contributed by atoms with Crippen LogP contribution >= 0.6 is 0 Å². The van der Waals surface area contributed by atoms with Crippen LogP contribution in [0, 0.1) is 27.7 Å². The van der Waals surface area contributed by atoms with Crippen LogP contribution < -0.4 is 9.47 Å². The highest BCUT2D eigenvalue weighted by molar-refractivity contribution is 5.94. The predicted molar refractivity (Wildman–Crippen MR) is 145 cm³/mol. The van der Waals surface area contributed by atoms with Crippen molar-refractivity contribution in [2.75, 3.05) is 19.8 Å². The first-order chi connectivity index (χ1) is 17.0. The van der Waals surface area contributed by atoms with Gasteiger partial charge in [0.15, 0.2) is 5.78 Å². The van der Waals surface area contributed by atoms with Crippen LogP contribution in [0.25, 0.3) is 0 Å². The zero-order valence-electron chi connectivity index (χ0n) is 22.7.